The predicted molar refractivity (Wildman–Crippen MR) is 63.9 cm³/mol. The minimum Gasteiger partial charge on any atom is -0.521 e. The summed E-state index contributed by atoms with van der Waals surface area (Å²) in [6.45, 7) is 14.0. The van der Waals surface area contributed by atoms with Crippen molar-refractivity contribution in [3.8, 4) is 0 Å². The molecule has 0 spiro atoms. The van der Waals surface area contributed by atoms with E-state index in [9.17, 15) is 0 Å². The Bertz CT molecular complexity index is 162. The molecule has 0 amide bonds. The van der Waals surface area contributed by atoms with Gasteiger partial charge in [-0.3, -0.25) is 13.2 Å². The van der Waals surface area contributed by atoms with Crippen LogP contribution < -0.4 is 0 Å². The van der Waals surface area contributed by atoms with Crippen LogP contribution in [0.15, 0.2) is 55.6 Å². The van der Waals surface area contributed by atoms with E-state index in [4.69, 9.17) is 0 Å². The maximum absolute atomic E-state index is 4.25. The summed E-state index contributed by atoms with van der Waals surface area (Å²) in [4.78, 5) is 0. The maximum Gasteiger partial charge on any atom is 4.00 e. The van der Waals surface area contributed by atoms with Crippen molar-refractivity contribution in [3.05, 3.63) is 88.1 Å². The topological polar surface area (TPSA) is 0 Å². The van der Waals surface area contributed by atoms with Gasteiger partial charge >= 0.3 is 26.2 Å². The molecule has 0 bridgehead atoms. The molecule has 0 fully saturated rings. The Morgan fingerprint density at radius 2 is 1.47 bits per heavy atom. The van der Waals surface area contributed by atoms with E-state index in [1.807, 2.05) is 61.7 Å². The zero-order valence-electron chi connectivity index (χ0n) is 8.84. The van der Waals surface area contributed by atoms with E-state index in [1.165, 1.54) is 0 Å². The van der Waals surface area contributed by atoms with Crippen molar-refractivity contribution in [2.45, 2.75) is 0 Å². The molecule has 0 nitrogen and oxygen atoms in total. The molecule has 2 rings (SSSR count). The van der Waals surface area contributed by atoms with E-state index in [0.29, 0.717) is 0 Å². The second-order valence-corrected chi connectivity index (χ2v) is 1.92. The standard InChI is InChI=1S/2C5H5.2C2H3.Zr/c2*1-2-4-5-3-1;2*1-2;/h2*1-5H;2*1H,2H2;/q4*-1;+4. The first-order chi connectivity index (χ1) is 7.00. The minimum absolute atomic E-state index is 0. The summed E-state index contributed by atoms with van der Waals surface area (Å²) in [5.41, 5.74) is 0. The number of hydrogen-bond donors (Lipinski definition) is 0. The van der Waals surface area contributed by atoms with Gasteiger partial charge in [0.05, 0.1) is 0 Å². The third kappa shape index (κ3) is 19.7. The molecule has 15 heavy (non-hydrogen) atoms. The van der Waals surface area contributed by atoms with Crippen LogP contribution in [0.25, 0.3) is 0 Å². The van der Waals surface area contributed by atoms with E-state index in [1.54, 1.807) is 0 Å². The molecular formula is C14H16Zr. The maximum atomic E-state index is 4.25. The molecule has 0 unspecified atom stereocenters. The smallest absolute Gasteiger partial charge is 0.521 e. The molecule has 0 N–H and O–H groups in total. The summed E-state index contributed by atoms with van der Waals surface area (Å²) < 4.78 is 0. The summed E-state index contributed by atoms with van der Waals surface area (Å²) in [7, 11) is 0. The van der Waals surface area contributed by atoms with Gasteiger partial charge in [0.1, 0.15) is 0 Å². The van der Waals surface area contributed by atoms with Crippen LogP contribution in [0.3, 0.4) is 0 Å². The fourth-order valence-electron chi connectivity index (χ4n) is 0.642. The van der Waals surface area contributed by atoms with Gasteiger partial charge in [-0.2, -0.15) is 18.2 Å². The van der Waals surface area contributed by atoms with Crippen LogP contribution in [0, 0.1) is 32.4 Å². The van der Waals surface area contributed by atoms with E-state index in [-0.39, 0.29) is 26.2 Å². The van der Waals surface area contributed by atoms with Crippen molar-refractivity contribution >= 4 is 0 Å². The van der Waals surface area contributed by atoms with Crippen LogP contribution >= 0.6 is 0 Å². The summed E-state index contributed by atoms with van der Waals surface area (Å²) >= 11 is 0. The van der Waals surface area contributed by atoms with Gasteiger partial charge in [0.25, 0.3) is 0 Å². The second-order valence-electron chi connectivity index (χ2n) is 1.92. The van der Waals surface area contributed by atoms with Crippen molar-refractivity contribution < 1.29 is 26.2 Å². The Kier molecular flexibility index (Phi) is 30.8. The number of rotatable bonds is 0. The predicted octanol–water partition coefficient (Wildman–Crippen LogP) is 3.78. The van der Waals surface area contributed by atoms with Crippen molar-refractivity contribution in [1.82, 2.24) is 0 Å². The van der Waals surface area contributed by atoms with E-state index in [0.717, 1.165) is 0 Å². The van der Waals surface area contributed by atoms with Crippen molar-refractivity contribution in [3.63, 3.8) is 0 Å². The first-order valence-electron chi connectivity index (χ1n) is 4.15. The molecule has 0 saturated carbocycles. The molecule has 0 aliphatic heterocycles. The van der Waals surface area contributed by atoms with Gasteiger partial charge in [0.2, 0.25) is 0 Å². The normalized spacial score (nSPS) is 9.60. The SMILES string of the molecule is [CH-]=C.[CH-]=C.[CH]1[CH][CH-]C=C1.[Zr+4].c1cc[cH-]c1. The summed E-state index contributed by atoms with van der Waals surface area (Å²) in [6, 6.07) is 10.0. The second kappa shape index (κ2) is 23.3. The van der Waals surface area contributed by atoms with E-state index < -0.39 is 0 Å². The molecule has 2 radical (unpaired) electrons. The summed E-state index contributed by atoms with van der Waals surface area (Å²) in [6.07, 6.45) is 10.0. The number of allylic oxidation sites excluding steroid dienone is 2. The molecular weight excluding hydrogens is 259 g/mol. The van der Waals surface area contributed by atoms with Gasteiger partial charge in [-0.15, -0.1) is 12.8 Å². The molecule has 1 aliphatic carbocycles. The zero-order valence-corrected chi connectivity index (χ0v) is 11.3. The largest absolute Gasteiger partial charge is 4.00 e. The minimum atomic E-state index is 0. The quantitative estimate of drug-likeness (QED) is 0.632. The molecule has 1 aromatic rings. The van der Waals surface area contributed by atoms with Gasteiger partial charge in [0, 0.05) is 0 Å². The molecule has 1 aliphatic rings. The van der Waals surface area contributed by atoms with Crippen LogP contribution in [0.5, 0.6) is 0 Å². The van der Waals surface area contributed by atoms with Crippen molar-refractivity contribution in [1.29, 1.82) is 0 Å². The average Bonchev–Trinajstić information content (AvgIpc) is 3.01. The third-order valence-corrected chi connectivity index (χ3v) is 1.11. The molecule has 0 heterocycles. The van der Waals surface area contributed by atoms with Crippen LogP contribution in [0.4, 0.5) is 0 Å². The monoisotopic (exact) mass is 274 g/mol. The molecule has 0 saturated heterocycles. The Morgan fingerprint density at radius 1 is 0.933 bits per heavy atom. The molecule has 0 atom stereocenters. The first-order valence-corrected chi connectivity index (χ1v) is 4.15. The zero-order chi connectivity index (χ0) is 11.1. The van der Waals surface area contributed by atoms with Crippen molar-refractivity contribution in [2.24, 2.45) is 0 Å². The van der Waals surface area contributed by atoms with Gasteiger partial charge in [-0.05, 0) is 0 Å². The summed E-state index contributed by atoms with van der Waals surface area (Å²) in [5.74, 6) is 0. The number of hydrogen-bond acceptors (Lipinski definition) is 0. The van der Waals surface area contributed by atoms with Gasteiger partial charge in [-0.1, -0.05) is 0 Å². The van der Waals surface area contributed by atoms with Crippen LogP contribution in [0.1, 0.15) is 0 Å². The Morgan fingerprint density at radius 3 is 1.60 bits per heavy atom. The third-order valence-electron chi connectivity index (χ3n) is 1.11. The average molecular weight is 276 g/mol. The fraction of sp³-hybridized carbons (Fsp3) is 0. The Hall–Kier alpha value is -0.677. The van der Waals surface area contributed by atoms with E-state index in [2.05, 4.69) is 26.3 Å². The Balaban J connectivity index is -0.000000138. The van der Waals surface area contributed by atoms with E-state index >= 15 is 0 Å². The van der Waals surface area contributed by atoms with Gasteiger partial charge < -0.3 is 13.2 Å². The summed E-state index contributed by atoms with van der Waals surface area (Å²) in [5, 5.41) is 0. The van der Waals surface area contributed by atoms with Crippen molar-refractivity contribution in [2.75, 3.05) is 0 Å². The Labute approximate surface area is 114 Å². The fourth-order valence-corrected chi connectivity index (χ4v) is 0.642. The molecule has 1 aromatic carbocycles. The molecule has 0 aromatic heterocycles. The van der Waals surface area contributed by atoms with Gasteiger partial charge in [0.15, 0.2) is 0 Å². The van der Waals surface area contributed by atoms with Crippen LogP contribution in [-0.2, 0) is 26.2 Å². The van der Waals surface area contributed by atoms with Crippen LogP contribution in [-0.4, -0.2) is 0 Å². The molecule has 76 valence electrons. The first kappa shape index (κ1) is 19.8. The van der Waals surface area contributed by atoms with Gasteiger partial charge in [-0.25, -0.2) is 30.7 Å². The van der Waals surface area contributed by atoms with Crippen LogP contribution in [0.2, 0.25) is 0 Å². The molecule has 1 heteroatoms.